The van der Waals surface area contributed by atoms with Gasteiger partial charge in [-0.15, -0.1) is 0 Å². The van der Waals surface area contributed by atoms with Gasteiger partial charge in [-0.25, -0.2) is 0 Å². The van der Waals surface area contributed by atoms with E-state index in [0.717, 1.165) is 12.1 Å². The molecule has 1 aliphatic rings. The molecule has 84 valence electrons. The van der Waals surface area contributed by atoms with Gasteiger partial charge in [-0.3, -0.25) is 0 Å². The molecule has 0 amide bonds. The topological polar surface area (TPSA) is 26.0 Å². The molecule has 2 N–H and O–H groups in total. The minimum absolute atomic E-state index is 0.201. The van der Waals surface area contributed by atoms with Crippen LogP contribution in [0, 0.1) is 5.41 Å². The van der Waals surface area contributed by atoms with Crippen molar-refractivity contribution in [3.8, 4) is 0 Å². The largest absolute Gasteiger partial charge is 0.399 e. The summed E-state index contributed by atoms with van der Waals surface area (Å²) in [6.07, 6.45) is 5.56. The zero-order chi connectivity index (χ0) is 11.8. The molecule has 1 aromatic rings. The van der Waals surface area contributed by atoms with Gasteiger partial charge in [0.15, 0.2) is 0 Å². The molecule has 1 aliphatic carbocycles. The molecule has 0 heterocycles. The van der Waals surface area contributed by atoms with E-state index in [4.69, 9.17) is 5.73 Å². The van der Waals surface area contributed by atoms with Crippen molar-refractivity contribution in [3.63, 3.8) is 0 Å². The molecule has 2 rings (SSSR count). The van der Waals surface area contributed by atoms with E-state index in [1.807, 2.05) is 12.1 Å². The van der Waals surface area contributed by atoms with E-state index in [1.54, 1.807) is 0 Å². The zero-order valence-corrected chi connectivity index (χ0v) is 10.2. The first kappa shape index (κ1) is 11.0. The molecule has 0 fully saturated rings. The molecule has 0 saturated carbocycles. The summed E-state index contributed by atoms with van der Waals surface area (Å²) in [5.41, 5.74) is 10.9. The lowest BCUT2D eigenvalue weighted by molar-refractivity contribution is 0.502. The Hall–Kier alpha value is -1.50. The molecule has 0 aromatic heterocycles. The molecule has 0 radical (unpaired) electrons. The molecule has 1 nitrogen and oxygen atoms in total. The van der Waals surface area contributed by atoms with Gasteiger partial charge in [0, 0.05) is 5.69 Å². The van der Waals surface area contributed by atoms with Crippen LogP contribution >= 0.6 is 0 Å². The zero-order valence-electron chi connectivity index (χ0n) is 10.2. The molecule has 0 bridgehead atoms. The second-order valence-corrected chi connectivity index (χ2v) is 5.17. The van der Waals surface area contributed by atoms with Crippen molar-refractivity contribution in [2.45, 2.75) is 27.2 Å². The van der Waals surface area contributed by atoms with Gasteiger partial charge >= 0.3 is 0 Å². The molecule has 0 spiro atoms. The fourth-order valence-corrected chi connectivity index (χ4v) is 2.56. The molecule has 0 saturated heterocycles. The Morgan fingerprint density at radius 3 is 2.62 bits per heavy atom. The van der Waals surface area contributed by atoms with Crippen LogP contribution in [-0.4, -0.2) is 0 Å². The average Bonchev–Trinajstić information content (AvgIpc) is 2.15. The molecule has 16 heavy (non-hydrogen) atoms. The van der Waals surface area contributed by atoms with Crippen molar-refractivity contribution in [3.05, 3.63) is 47.6 Å². The molecule has 1 heteroatoms. The van der Waals surface area contributed by atoms with Gasteiger partial charge in [0.2, 0.25) is 0 Å². The van der Waals surface area contributed by atoms with Gasteiger partial charge in [0.25, 0.3) is 0 Å². The fourth-order valence-electron chi connectivity index (χ4n) is 2.56. The predicted molar refractivity (Wildman–Crippen MR) is 71.0 cm³/mol. The lowest BCUT2D eigenvalue weighted by Crippen LogP contribution is -2.16. The number of nitrogens with two attached hydrogens (primary N) is 1. The Labute approximate surface area is 97.7 Å². The Balaban J connectivity index is 2.57. The number of hydrogen-bond donors (Lipinski definition) is 1. The minimum Gasteiger partial charge on any atom is -0.399 e. The maximum Gasteiger partial charge on any atom is 0.0320 e. The second-order valence-electron chi connectivity index (χ2n) is 5.17. The minimum atomic E-state index is 0.201. The molecule has 0 aliphatic heterocycles. The Kier molecular flexibility index (Phi) is 2.63. The van der Waals surface area contributed by atoms with Crippen LogP contribution < -0.4 is 5.73 Å². The maximum atomic E-state index is 5.86. The first-order valence-corrected chi connectivity index (χ1v) is 5.74. The monoisotopic (exact) mass is 213 g/mol. The molecular formula is C15H19N. The summed E-state index contributed by atoms with van der Waals surface area (Å²) in [5, 5.41) is 0. The van der Waals surface area contributed by atoms with Crippen LogP contribution in [0.5, 0.6) is 0 Å². The average molecular weight is 213 g/mol. The molecular weight excluding hydrogens is 194 g/mol. The van der Waals surface area contributed by atoms with E-state index in [0.29, 0.717) is 0 Å². The number of benzene rings is 1. The van der Waals surface area contributed by atoms with E-state index >= 15 is 0 Å². The number of anilines is 1. The molecule has 0 atom stereocenters. The van der Waals surface area contributed by atoms with Crippen molar-refractivity contribution < 1.29 is 0 Å². The van der Waals surface area contributed by atoms with E-state index in [1.165, 1.54) is 16.7 Å². The molecule has 0 unspecified atom stereocenters. The lowest BCUT2D eigenvalue weighted by atomic mass is 9.73. The lowest BCUT2D eigenvalue weighted by Gasteiger charge is -2.32. The van der Waals surface area contributed by atoms with Crippen LogP contribution in [0.4, 0.5) is 5.69 Å². The van der Waals surface area contributed by atoms with Gasteiger partial charge < -0.3 is 5.73 Å². The summed E-state index contributed by atoms with van der Waals surface area (Å²) in [7, 11) is 0. The SMILES string of the molecule is CC1=C(c2cccc(N)c2)C(C)(C)CC=C1. The van der Waals surface area contributed by atoms with Gasteiger partial charge in [0.1, 0.15) is 0 Å². The summed E-state index contributed by atoms with van der Waals surface area (Å²) in [5.74, 6) is 0. The fraction of sp³-hybridized carbons (Fsp3) is 0.333. The van der Waals surface area contributed by atoms with Crippen LogP contribution in [0.2, 0.25) is 0 Å². The summed E-state index contributed by atoms with van der Waals surface area (Å²) in [6.45, 7) is 6.76. The third-order valence-corrected chi connectivity index (χ3v) is 3.24. The van der Waals surface area contributed by atoms with Gasteiger partial charge in [-0.2, -0.15) is 0 Å². The van der Waals surface area contributed by atoms with Crippen molar-refractivity contribution in [2.75, 3.05) is 5.73 Å². The van der Waals surface area contributed by atoms with E-state index in [2.05, 4.69) is 45.1 Å². The van der Waals surface area contributed by atoms with Gasteiger partial charge in [-0.1, -0.05) is 38.1 Å². The third kappa shape index (κ3) is 1.90. The Bertz CT molecular complexity index is 464. The van der Waals surface area contributed by atoms with Crippen LogP contribution in [0.3, 0.4) is 0 Å². The summed E-state index contributed by atoms with van der Waals surface area (Å²) < 4.78 is 0. The van der Waals surface area contributed by atoms with E-state index < -0.39 is 0 Å². The highest BCUT2D eigenvalue weighted by atomic mass is 14.5. The van der Waals surface area contributed by atoms with Crippen molar-refractivity contribution in [2.24, 2.45) is 5.41 Å². The number of nitrogen functional groups attached to an aromatic ring is 1. The Morgan fingerprint density at radius 2 is 2.00 bits per heavy atom. The van der Waals surface area contributed by atoms with Gasteiger partial charge in [-0.05, 0) is 47.6 Å². The van der Waals surface area contributed by atoms with Crippen molar-refractivity contribution >= 4 is 11.3 Å². The van der Waals surface area contributed by atoms with Crippen LogP contribution in [0.25, 0.3) is 5.57 Å². The summed E-state index contributed by atoms with van der Waals surface area (Å²) in [4.78, 5) is 0. The van der Waals surface area contributed by atoms with Crippen molar-refractivity contribution in [1.29, 1.82) is 0 Å². The van der Waals surface area contributed by atoms with E-state index in [9.17, 15) is 0 Å². The summed E-state index contributed by atoms with van der Waals surface area (Å²) >= 11 is 0. The standard InChI is InChI=1S/C15H19N/c1-11-6-5-9-15(2,3)14(11)12-7-4-8-13(16)10-12/h4-8,10H,9,16H2,1-3H3. The first-order chi connectivity index (χ1) is 7.50. The predicted octanol–water partition coefficient (Wildman–Crippen LogP) is 4.03. The Morgan fingerprint density at radius 1 is 1.25 bits per heavy atom. The summed E-state index contributed by atoms with van der Waals surface area (Å²) in [6, 6.07) is 8.18. The quantitative estimate of drug-likeness (QED) is 0.700. The van der Waals surface area contributed by atoms with Crippen LogP contribution in [0.15, 0.2) is 42.0 Å². The number of rotatable bonds is 1. The van der Waals surface area contributed by atoms with Crippen LogP contribution in [0.1, 0.15) is 32.8 Å². The van der Waals surface area contributed by atoms with Crippen LogP contribution in [-0.2, 0) is 0 Å². The van der Waals surface area contributed by atoms with Gasteiger partial charge in [0.05, 0.1) is 0 Å². The highest BCUT2D eigenvalue weighted by Gasteiger charge is 2.27. The number of allylic oxidation sites excluding steroid dienone is 4. The highest BCUT2D eigenvalue weighted by molar-refractivity contribution is 5.77. The smallest absolute Gasteiger partial charge is 0.0320 e. The molecule has 1 aromatic carbocycles. The second kappa shape index (κ2) is 3.82. The van der Waals surface area contributed by atoms with Crippen molar-refractivity contribution in [1.82, 2.24) is 0 Å². The number of hydrogen-bond acceptors (Lipinski definition) is 1. The normalized spacial score (nSPS) is 18.9. The first-order valence-electron chi connectivity index (χ1n) is 5.74. The maximum absolute atomic E-state index is 5.86. The highest BCUT2D eigenvalue weighted by Crippen LogP contribution is 2.43. The third-order valence-electron chi connectivity index (χ3n) is 3.24. The van der Waals surface area contributed by atoms with E-state index in [-0.39, 0.29) is 5.41 Å².